The standard InChI is InChI=1S/C16H23N5O2/c1-3-8-16(2,10-22)20-15(23)18-9-13-4-6-14(7-5-13)21-12-17-11-19-21/h4-7,11-12,22H,3,8-10H2,1-2H3,(H2,18,20,23). The molecule has 1 aromatic carbocycles. The molecule has 0 saturated carbocycles. The van der Waals surface area contributed by atoms with Gasteiger partial charge in [0.1, 0.15) is 12.7 Å². The van der Waals surface area contributed by atoms with Crippen LogP contribution < -0.4 is 10.6 Å². The first-order valence-corrected chi connectivity index (χ1v) is 7.67. The average Bonchev–Trinajstić information content (AvgIpc) is 3.08. The summed E-state index contributed by atoms with van der Waals surface area (Å²) in [5.41, 5.74) is 1.30. The van der Waals surface area contributed by atoms with E-state index in [0.29, 0.717) is 6.54 Å². The Balaban J connectivity index is 1.87. The van der Waals surface area contributed by atoms with Crippen molar-refractivity contribution < 1.29 is 9.90 Å². The Hall–Kier alpha value is -2.41. The minimum absolute atomic E-state index is 0.0825. The number of aliphatic hydroxyl groups is 1. The van der Waals surface area contributed by atoms with Crippen LogP contribution in [0.5, 0.6) is 0 Å². The lowest BCUT2D eigenvalue weighted by Gasteiger charge is -2.28. The van der Waals surface area contributed by atoms with Gasteiger partial charge in [0, 0.05) is 6.54 Å². The summed E-state index contributed by atoms with van der Waals surface area (Å²) in [4.78, 5) is 15.9. The number of amides is 2. The molecule has 7 heteroatoms. The van der Waals surface area contributed by atoms with E-state index in [4.69, 9.17) is 0 Å². The summed E-state index contributed by atoms with van der Waals surface area (Å²) < 4.78 is 1.67. The number of carbonyl (C=O) groups excluding carboxylic acids is 1. The molecule has 0 bridgehead atoms. The van der Waals surface area contributed by atoms with Crippen molar-refractivity contribution >= 4 is 6.03 Å². The first-order chi connectivity index (χ1) is 11.1. The highest BCUT2D eigenvalue weighted by Gasteiger charge is 2.24. The first-order valence-electron chi connectivity index (χ1n) is 7.67. The number of aliphatic hydroxyl groups excluding tert-OH is 1. The van der Waals surface area contributed by atoms with Gasteiger partial charge >= 0.3 is 6.03 Å². The summed E-state index contributed by atoms with van der Waals surface area (Å²) in [6, 6.07) is 7.40. The van der Waals surface area contributed by atoms with Crippen LogP contribution in [0.1, 0.15) is 32.3 Å². The summed E-state index contributed by atoms with van der Waals surface area (Å²) in [6.07, 6.45) is 4.73. The molecule has 23 heavy (non-hydrogen) atoms. The van der Waals surface area contributed by atoms with Crippen LogP contribution in [0.4, 0.5) is 4.79 Å². The second-order valence-electron chi connectivity index (χ2n) is 5.78. The largest absolute Gasteiger partial charge is 0.394 e. The number of nitrogens with zero attached hydrogens (tertiary/aromatic N) is 3. The highest BCUT2D eigenvalue weighted by atomic mass is 16.3. The molecule has 2 aromatic rings. The fourth-order valence-corrected chi connectivity index (χ4v) is 2.34. The lowest BCUT2D eigenvalue weighted by atomic mass is 9.98. The van der Waals surface area contributed by atoms with E-state index in [1.165, 1.54) is 6.33 Å². The number of rotatable bonds is 7. The number of urea groups is 1. The molecule has 0 spiro atoms. The third-order valence-electron chi connectivity index (χ3n) is 3.64. The van der Waals surface area contributed by atoms with Crippen molar-refractivity contribution in [3.05, 3.63) is 42.5 Å². The molecular formula is C16H23N5O2. The van der Waals surface area contributed by atoms with E-state index < -0.39 is 5.54 Å². The smallest absolute Gasteiger partial charge is 0.315 e. The van der Waals surface area contributed by atoms with Crippen molar-refractivity contribution in [3.8, 4) is 5.69 Å². The zero-order chi connectivity index (χ0) is 16.7. The van der Waals surface area contributed by atoms with E-state index in [2.05, 4.69) is 20.7 Å². The maximum absolute atomic E-state index is 12.0. The van der Waals surface area contributed by atoms with Crippen molar-refractivity contribution in [2.75, 3.05) is 6.61 Å². The first kappa shape index (κ1) is 17.0. The SMILES string of the molecule is CCCC(C)(CO)NC(=O)NCc1ccc(-n2cncn2)cc1. The van der Waals surface area contributed by atoms with Gasteiger partial charge in [-0.2, -0.15) is 5.10 Å². The van der Waals surface area contributed by atoms with Crippen molar-refractivity contribution in [1.29, 1.82) is 0 Å². The predicted molar refractivity (Wildman–Crippen MR) is 87.1 cm³/mol. The molecule has 1 atom stereocenters. The molecule has 3 N–H and O–H groups in total. The fraction of sp³-hybridized carbons (Fsp3) is 0.438. The lowest BCUT2D eigenvalue weighted by Crippen LogP contribution is -2.52. The van der Waals surface area contributed by atoms with Crippen LogP contribution in [0.15, 0.2) is 36.9 Å². The molecule has 0 radical (unpaired) electrons. The number of aromatic nitrogens is 3. The van der Waals surface area contributed by atoms with Crippen LogP contribution in [-0.4, -0.2) is 38.0 Å². The van der Waals surface area contributed by atoms with Gasteiger partial charge in [-0.15, -0.1) is 0 Å². The van der Waals surface area contributed by atoms with Gasteiger partial charge in [-0.3, -0.25) is 0 Å². The van der Waals surface area contributed by atoms with E-state index in [1.807, 2.05) is 38.1 Å². The molecule has 2 rings (SSSR count). The Bertz CT molecular complexity index is 612. The summed E-state index contributed by atoms with van der Waals surface area (Å²) in [5.74, 6) is 0. The third kappa shape index (κ3) is 4.79. The Morgan fingerprint density at radius 3 is 2.65 bits per heavy atom. The molecular weight excluding hydrogens is 294 g/mol. The summed E-state index contributed by atoms with van der Waals surface area (Å²) in [7, 11) is 0. The molecule has 7 nitrogen and oxygen atoms in total. The van der Waals surface area contributed by atoms with E-state index in [0.717, 1.165) is 24.1 Å². The van der Waals surface area contributed by atoms with Crippen molar-refractivity contribution in [3.63, 3.8) is 0 Å². The van der Waals surface area contributed by atoms with Crippen LogP contribution in [-0.2, 0) is 6.54 Å². The monoisotopic (exact) mass is 317 g/mol. The quantitative estimate of drug-likeness (QED) is 0.723. The molecule has 0 fully saturated rings. The van der Waals surface area contributed by atoms with Gasteiger partial charge in [-0.1, -0.05) is 25.5 Å². The number of nitrogens with one attached hydrogen (secondary N) is 2. The molecule has 0 aliphatic rings. The molecule has 0 saturated heterocycles. The highest BCUT2D eigenvalue weighted by Crippen LogP contribution is 2.11. The van der Waals surface area contributed by atoms with E-state index in [-0.39, 0.29) is 12.6 Å². The predicted octanol–water partition coefficient (Wildman–Crippen LogP) is 1.62. The second kappa shape index (κ2) is 7.73. The van der Waals surface area contributed by atoms with E-state index in [1.54, 1.807) is 11.0 Å². The number of hydrogen-bond acceptors (Lipinski definition) is 4. The Morgan fingerprint density at radius 1 is 1.35 bits per heavy atom. The normalized spacial score (nSPS) is 13.3. The maximum Gasteiger partial charge on any atom is 0.315 e. The minimum atomic E-state index is -0.588. The summed E-state index contributed by atoms with van der Waals surface area (Å²) in [5, 5.41) is 19.1. The van der Waals surface area contributed by atoms with Gasteiger partial charge in [0.2, 0.25) is 0 Å². The van der Waals surface area contributed by atoms with Gasteiger partial charge < -0.3 is 15.7 Å². The molecule has 1 aromatic heterocycles. The van der Waals surface area contributed by atoms with Crippen LogP contribution in [0.25, 0.3) is 5.69 Å². The Morgan fingerprint density at radius 2 is 2.09 bits per heavy atom. The Labute approximate surface area is 135 Å². The molecule has 1 heterocycles. The summed E-state index contributed by atoms with van der Waals surface area (Å²) >= 11 is 0. The number of carbonyl (C=O) groups is 1. The topological polar surface area (TPSA) is 92.1 Å². The Kier molecular flexibility index (Phi) is 5.70. The van der Waals surface area contributed by atoms with Crippen molar-refractivity contribution in [2.45, 2.75) is 38.8 Å². The van der Waals surface area contributed by atoms with Gasteiger partial charge in [0.25, 0.3) is 0 Å². The molecule has 124 valence electrons. The lowest BCUT2D eigenvalue weighted by molar-refractivity contribution is 0.163. The summed E-state index contributed by atoms with van der Waals surface area (Å²) in [6.45, 7) is 4.19. The van der Waals surface area contributed by atoms with Gasteiger partial charge in [-0.25, -0.2) is 14.5 Å². The number of hydrogen-bond donors (Lipinski definition) is 3. The van der Waals surface area contributed by atoms with Crippen LogP contribution in [0.3, 0.4) is 0 Å². The molecule has 1 unspecified atom stereocenters. The average molecular weight is 317 g/mol. The van der Waals surface area contributed by atoms with E-state index >= 15 is 0 Å². The number of benzene rings is 1. The van der Waals surface area contributed by atoms with Crippen LogP contribution in [0.2, 0.25) is 0 Å². The molecule has 0 aliphatic heterocycles. The second-order valence-corrected chi connectivity index (χ2v) is 5.78. The molecule has 2 amide bonds. The molecule has 0 aliphatic carbocycles. The minimum Gasteiger partial charge on any atom is -0.394 e. The van der Waals surface area contributed by atoms with Crippen molar-refractivity contribution in [2.24, 2.45) is 0 Å². The van der Waals surface area contributed by atoms with Crippen molar-refractivity contribution in [1.82, 2.24) is 25.4 Å². The van der Waals surface area contributed by atoms with E-state index in [9.17, 15) is 9.90 Å². The third-order valence-corrected chi connectivity index (χ3v) is 3.64. The van der Waals surface area contributed by atoms with Gasteiger partial charge in [0.15, 0.2) is 0 Å². The highest BCUT2D eigenvalue weighted by molar-refractivity contribution is 5.74. The zero-order valence-corrected chi connectivity index (χ0v) is 13.5. The van der Waals surface area contributed by atoms with Crippen LogP contribution in [0, 0.1) is 0 Å². The van der Waals surface area contributed by atoms with Crippen LogP contribution >= 0.6 is 0 Å². The maximum atomic E-state index is 12.0. The van der Waals surface area contributed by atoms with Gasteiger partial charge in [-0.05, 0) is 31.0 Å². The fourth-order valence-electron chi connectivity index (χ4n) is 2.34. The zero-order valence-electron chi connectivity index (χ0n) is 13.5. The van der Waals surface area contributed by atoms with Gasteiger partial charge in [0.05, 0.1) is 17.8 Å².